The number of benzene rings is 1. The normalized spacial score (nSPS) is 13.7. The van der Waals surface area contributed by atoms with Crippen LogP contribution in [0.2, 0.25) is 0 Å². The Balaban J connectivity index is 2.75. The summed E-state index contributed by atoms with van der Waals surface area (Å²) >= 11 is 5.81. The molecule has 0 aliphatic rings. The number of aromatic nitrogens is 2. The molecule has 0 spiro atoms. The molecule has 0 fully saturated rings. The van der Waals surface area contributed by atoms with Crippen LogP contribution in [0.25, 0.3) is 11.0 Å². The molecule has 0 saturated carbocycles. The molecule has 1 atom stereocenters. The molecule has 0 saturated heterocycles. The van der Waals surface area contributed by atoms with Crippen LogP contribution in [0.1, 0.15) is 18.0 Å². The number of rotatable bonds is 2. The number of H-pyrrole nitrogens is 1. The minimum Gasteiger partial charge on any atom is -0.319 e. The van der Waals surface area contributed by atoms with Crippen LogP contribution in [0.5, 0.6) is 0 Å². The van der Waals surface area contributed by atoms with Crippen LogP contribution in [0, 0.1) is 0 Å². The van der Waals surface area contributed by atoms with Gasteiger partial charge in [0.2, 0.25) is 0 Å². The van der Waals surface area contributed by atoms with Gasteiger partial charge in [0.15, 0.2) is 0 Å². The van der Waals surface area contributed by atoms with Crippen LogP contribution in [-0.2, 0) is 9.05 Å². The molecule has 1 N–H and O–H groups in total. The Morgan fingerprint density at radius 2 is 2.06 bits per heavy atom. The summed E-state index contributed by atoms with van der Waals surface area (Å²) in [4.78, 5) is 18.2. The number of nitrogens with zero attached hydrogens (tertiary/aromatic N) is 1. The van der Waals surface area contributed by atoms with Crippen molar-refractivity contribution in [1.29, 1.82) is 0 Å². The van der Waals surface area contributed by atoms with Gasteiger partial charge in [0.05, 0.1) is 21.3 Å². The summed E-state index contributed by atoms with van der Waals surface area (Å²) in [5.74, 6) is 0. The van der Waals surface area contributed by atoms with Gasteiger partial charge in [0.1, 0.15) is 5.69 Å². The number of halogens is 2. The summed E-state index contributed by atoms with van der Waals surface area (Å²) in [7, 11) is 1.38. The molecule has 1 unspecified atom stereocenters. The molecule has 96 valence electrons. The predicted octanol–water partition coefficient (Wildman–Crippen LogP) is 2.15. The molecule has 0 aliphatic carbocycles. The van der Waals surface area contributed by atoms with Crippen molar-refractivity contribution in [2.75, 3.05) is 0 Å². The van der Waals surface area contributed by atoms with Crippen LogP contribution in [0.4, 0.5) is 0 Å². The van der Waals surface area contributed by atoms with Crippen molar-refractivity contribution < 1.29 is 8.42 Å². The van der Waals surface area contributed by atoms with Gasteiger partial charge in [0.25, 0.3) is 14.6 Å². The van der Waals surface area contributed by atoms with E-state index in [4.69, 9.17) is 22.3 Å². The maximum Gasteiger partial charge on any atom is 0.271 e. The lowest BCUT2D eigenvalue weighted by atomic mass is 10.2. The highest BCUT2D eigenvalue weighted by Gasteiger charge is 2.14. The molecule has 18 heavy (non-hydrogen) atoms. The van der Waals surface area contributed by atoms with Crippen molar-refractivity contribution in [1.82, 2.24) is 9.97 Å². The first-order valence-electron chi connectivity index (χ1n) is 4.92. The SMILES string of the molecule is CC(Cl)c1nc2ccc(S(=O)(=O)Cl)cc2[nH]c1=O. The van der Waals surface area contributed by atoms with Crippen LogP contribution in [0.15, 0.2) is 27.9 Å². The van der Waals surface area contributed by atoms with E-state index in [9.17, 15) is 13.2 Å². The smallest absolute Gasteiger partial charge is 0.271 e. The van der Waals surface area contributed by atoms with Crippen molar-refractivity contribution in [3.63, 3.8) is 0 Å². The number of aromatic amines is 1. The molecule has 1 aromatic heterocycles. The summed E-state index contributed by atoms with van der Waals surface area (Å²) < 4.78 is 22.3. The van der Waals surface area contributed by atoms with Gasteiger partial charge in [0, 0.05) is 10.7 Å². The third kappa shape index (κ3) is 2.50. The first kappa shape index (κ1) is 13.3. The fourth-order valence-corrected chi connectivity index (χ4v) is 2.43. The van der Waals surface area contributed by atoms with E-state index in [2.05, 4.69) is 9.97 Å². The summed E-state index contributed by atoms with van der Waals surface area (Å²) in [6.45, 7) is 1.63. The van der Waals surface area contributed by atoms with Gasteiger partial charge < -0.3 is 4.98 Å². The lowest BCUT2D eigenvalue weighted by Gasteiger charge is -2.04. The average molecular weight is 307 g/mol. The van der Waals surface area contributed by atoms with E-state index >= 15 is 0 Å². The Kier molecular flexibility index (Phi) is 3.35. The topological polar surface area (TPSA) is 79.9 Å². The first-order valence-corrected chi connectivity index (χ1v) is 7.66. The number of hydrogen-bond donors (Lipinski definition) is 1. The van der Waals surface area contributed by atoms with Crippen molar-refractivity contribution >= 4 is 42.4 Å². The zero-order chi connectivity index (χ0) is 13.5. The molecule has 1 heterocycles. The van der Waals surface area contributed by atoms with E-state index in [0.717, 1.165) is 0 Å². The summed E-state index contributed by atoms with van der Waals surface area (Å²) in [6, 6.07) is 4.04. The molecule has 1 aromatic carbocycles. The number of alkyl halides is 1. The van der Waals surface area contributed by atoms with Crippen LogP contribution < -0.4 is 5.56 Å². The van der Waals surface area contributed by atoms with Crippen LogP contribution in [0.3, 0.4) is 0 Å². The monoisotopic (exact) mass is 306 g/mol. The third-order valence-corrected chi connectivity index (χ3v) is 3.91. The number of nitrogens with one attached hydrogen (secondary N) is 1. The van der Waals surface area contributed by atoms with Gasteiger partial charge in [-0.25, -0.2) is 13.4 Å². The minimum atomic E-state index is -3.84. The van der Waals surface area contributed by atoms with E-state index in [0.29, 0.717) is 11.0 Å². The van der Waals surface area contributed by atoms with Crippen LogP contribution in [-0.4, -0.2) is 18.4 Å². The molecular weight excluding hydrogens is 299 g/mol. The molecule has 2 rings (SSSR count). The van der Waals surface area contributed by atoms with Crippen molar-refractivity contribution in [2.24, 2.45) is 0 Å². The lowest BCUT2D eigenvalue weighted by Crippen LogP contribution is -2.15. The first-order chi connectivity index (χ1) is 8.29. The lowest BCUT2D eigenvalue weighted by molar-refractivity contribution is 0.609. The van der Waals surface area contributed by atoms with Gasteiger partial charge >= 0.3 is 0 Å². The molecule has 8 heteroatoms. The zero-order valence-electron chi connectivity index (χ0n) is 9.15. The second kappa shape index (κ2) is 4.53. The predicted molar refractivity (Wildman–Crippen MR) is 69.7 cm³/mol. The molecule has 2 aromatic rings. The molecule has 5 nitrogen and oxygen atoms in total. The maximum atomic E-state index is 11.7. The summed E-state index contributed by atoms with van der Waals surface area (Å²) in [6.07, 6.45) is 0. The van der Waals surface area contributed by atoms with Crippen molar-refractivity contribution in [2.45, 2.75) is 17.2 Å². The molecule has 0 bridgehead atoms. The minimum absolute atomic E-state index is 0.0965. The Morgan fingerprint density at radius 1 is 1.39 bits per heavy atom. The maximum absolute atomic E-state index is 11.7. The highest BCUT2D eigenvalue weighted by atomic mass is 35.7. The second-order valence-corrected chi connectivity index (χ2v) is 6.90. The van der Waals surface area contributed by atoms with Crippen LogP contribution >= 0.6 is 22.3 Å². The van der Waals surface area contributed by atoms with Crippen molar-refractivity contribution in [3.8, 4) is 0 Å². The summed E-state index contributed by atoms with van der Waals surface area (Å²) in [5.41, 5.74) is 0.476. The van der Waals surface area contributed by atoms with E-state index in [-0.39, 0.29) is 10.6 Å². The molecular formula is C10H8Cl2N2O3S. The van der Waals surface area contributed by atoms with Gasteiger partial charge in [-0.2, -0.15) is 0 Å². The highest BCUT2D eigenvalue weighted by Crippen LogP contribution is 2.20. The highest BCUT2D eigenvalue weighted by molar-refractivity contribution is 8.13. The van der Waals surface area contributed by atoms with Gasteiger partial charge in [-0.15, -0.1) is 11.6 Å². The Labute approximate surface area is 112 Å². The molecule has 0 radical (unpaired) electrons. The largest absolute Gasteiger partial charge is 0.319 e. The Morgan fingerprint density at radius 3 is 2.61 bits per heavy atom. The molecule has 0 amide bonds. The number of fused-ring (bicyclic) bond motifs is 1. The van der Waals surface area contributed by atoms with Gasteiger partial charge in [-0.1, -0.05) is 0 Å². The summed E-state index contributed by atoms with van der Waals surface area (Å²) in [5, 5.41) is -0.533. The average Bonchev–Trinajstić information content (AvgIpc) is 2.25. The third-order valence-electron chi connectivity index (χ3n) is 2.35. The van der Waals surface area contributed by atoms with E-state index in [1.807, 2.05) is 0 Å². The zero-order valence-corrected chi connectivity index (χ0v) is 11.5. The second-order valence-electron chi connectivity index (χ2n) is 3.68. The molecule has 0 aliphatic heterocycles. The standard InChI is InChI=1S/C10H8Cl2N2O3S/c1-5(11)9-10(15)14-8-4-6(18(12,16)17)2-3-7(8)13-9/h2-5H,1H3,(H,14,15). The van der Waals surface area contributed by atoms with Gasteiger partial charge in [-0.3, -0.25) is 4.79 Å². The van der Waals surface area contributed by atoms with Gasteiger partial charge in [-0.05, 0) is 25.1 Å². The Hall–Kier alpha value is -1.11. The fraction of sp³-hybridized carbons (Fsp3) is 0.200. The Bertz CT molecular complexity index is 768. The van der Waals surface area contributed by atoms with E-state index < -0.39 is 20.0 Å². The van der Waals surface area contributed by atoms with E-state index in [1.54, 1.807) is 6.92 Å². The quantitative estimate of drug-likeness (QED) is 0.681. The fourth-order valence-electron chi connectivity index (χ4n) is 1.50. The van der Waals surface area contributed by atoms with E-state index in [1.165, 1.54) is 18.2 Å². The number of hydrogen-bond acceptors (Lipinski definition) is 4. The van der Waals surface area contributed by atoms with Crippen molar-refractivity contribution in [3.05, 3.63) is 34.2 Å².